The molecule has 1 aliphatic rings. The summed E-state index contributed by atoms with van der Waals surface area (Å²) in [5, 5.41) is 10.1. The molecule has 2 amide bonds. The number of hydrogen-bond acceptors (Lipinski definition) is 4. The zero-order valence-corrected chi connectivity index (χ0v) is 15.3. The lowest BCUT2D eigenvalue weighted by molar-refractivity contribution is -0.123. The maximum Gasteiger partial charge on any atom is 0.293 e. The van der Waals surface area contributed by atoms with Gasteiger partial charge in [-0.15, -0.1) is 0 Å². The van der Waals surface area contributed by atoms with E-state index in [9.17, 15) is 14.7 Å². The van der Waals surface area contributed by atoms with Crippen molar-refractivity contribution in [2.75, 3.05) is 0 Å². The van der Waals surface area contributed by atoms with Crippen LogP contribution in [0, 0.1) is 13.8 Å². The monoisotopic (exact) mass is 373 g/mol. The number of carbonyl (C=O) groups excluding carboxylic acids is 2. The minimum Gasteiger partial charge on any atom is -0.507 e. The fraction of sp³-hybridized carbons (Fsp3) is 0.158. The molecule has 0 unspecified atom stereocenters. The lowest BCUT2D eigenvalue weighted by Gasteiger charge is -2.13. The lowest BCUT2D eigenvalue weighted by Crippen LogP contribution is -2.27. The maximum absolute atomic E-state index is 12.6. The Hall–Kier alpha value is -2.24. The average Bonchev–Trinajstić information content (AvgIpc) is 2.82. The Kier molecular flexibility index (Phi) is 4.88. The standard InChI is InChI=1S/C19H16ClNO3S/c1-11-7-13(8-12(2)17(11)22)9-16-18(23)21(19(24)25-16)10-14-5-3-4-6-15(14)20/h3-9,22H,10H2,1-2H3. The van der Waals surface area contributed by atoms with E-state index in [4.69, 9.17) is 11.6 Å². The fourth-order valence-corrected chi connectivity index (χ4v) is 3.69. The van der Waals surface area contributed by atoms with Crippen LogP contribution in [0.2, 0.25) is 5.02 Å². The Labute approximate surface area is 155 Å². The van der Waals surface area contributed by atoms with Crippen LogP contribution in [0.1, 0.15) is 22.3 Å². The smallest absolute Gasteiger partial charge is 0.293 e. The second-order valence-electron chi connectivity index (χ2n) is 5.86. The number of phenolic OH excluding ortho intramolecular Hbond substituents is 1. The van der Waals surface area contributed by atoms with Crippen molar-refractivity contribution >= 4 is 40.6 Å². The Morgan fingerprint density at radius 3 is 2.44 bits per heavy atom. The summed E-state index contributed by atoms with van der Waals surface area (Å²) < 4.78 is 0. The van der Waals surface area contributed by atoms with Gasteiger partial charge in [0.1, 0.15) is 5.75 Å². The van der Waals surface area contributed by atoms with Crippen molar-refractivity contribution in [1.29, 1.82) is 0 Å². The predicted octanol–water partition coefficient (Wildman–Crippen LogP) is 4.90. The number of halogens is 1. The molecule has 25 heavy (non-hydrogen) atoms. The first-order valence-corrected chi connectivity index (χ1v) is 8.85. The van der Waals surface area contributed by atoms with Gasteiger partial charge in [-0.1, -0.05) is 29.8 Å². The van der Waals surface area contributed by atoms with Gasteiger partial charge in [0.2, 0.25) is 0 Å². The third-order valence-corrected chi connectivity index (χ3v) is 5.25. The van der Waals surface area contributed by atoms with Crippen LogP contribution in [0.3, 0.4) is 0 Å². The van der Waals surface area contributed by atoms with Gasteiger partial charge >= 0.3 is 0 Å². The van der Waals surface area contributed by atoms with Gasteiger partial charge in [0, 0.05) is 5.02 Å². The Morgan fingerprint density at radius 1 is 1.16 bits per heavy atom. The number of hydrogen-bond donors (Lipinski definition) is 1. The molecule has 0 aliphatic carbocycles. The van der Waals surface area contributed by atoms with E-state index in [-0.39, 0.29) is 23.4 Å². The third kappa shape index (κ3) is 3.57. The number of thioether (sulfide) groups is 1. The first kappa shape index (κ1) is 17.6. The highest BCUT2D eigenvalue weighted by Crippen LogP contribution is 2.35. The van der Waals surface area contributed by atoms with Gasteiger partial charge in [-0.05, 0) is 72.1 Å². The van der Waals surface area contributed by atoms with E-state index in [0.717, 1.165) is 34.0 Å². The van der Waals surface area contributed by atoms with Crippen molar-refractivity contribution in [3.05, 3.63) is 68.6 Å². The highest BCUT2D eigenvalue weighted by atomic mass is 35.5. The molecule has 0 radical (unpaired) electrons. The molecule has 6 heteroatoms. The summed E-state index contributed by atoms with van der Waals surface area (Å²) in [5.41, 5.74) is 2.95. The fourth-order valence-electron chi connectivity index (χ4n) is 2.66. The first-order valence-electron chi connectivity index (χ1n) is 7.66. The molecule has 2 aromatic rings. The number of benzene rings is 2. The van der Waals surface area contributed by atoms with Gasteiger partial charge in [-0.2, -0.15) is 0 Å². The predicted molar refractivity (Wildman–Crippen MR) is 101 cm³/mol. The number of phenols is 1. The molecule has 1 fully saturated rings. The third-order valence-electron chi connectivity index (χ3n) is 3.97. The molecule has 0 bridgehead atoms. The number of aromatic hydroxyl groups is 1. The first-order chi connectivity index (χ1) is 11.9. The van der Waals surface area contributed by atoms with Gasteiger partial charge in [0.25, 0.3) is 11.1 Å². The van der Waals surface area contributed by atoms with Crippen LogP contribution in [-0.4, -0.2) is 21.2 Å². The van der Waals surface area contributed by atoms with Crippen molar-refractivity contribution < 1.29 is 14.7 Å². The van der Waals surface area contributed by atoms with Gasteiger partial charge in [0.15, 0.2) is 0 Å². The van der Waals surface area contributed by atoms with E-state index < -0.39 is 0 Å². The molecule has 4 nitrogen and oxygen atoms in total. The maximum atomic E-state index is 12.6. The molecule has 1 saturated heterocycles. The van der Waals surface area contributed by atoms with E-state index in [0.29, 0.717) is 9.93 Å². The summed E-state index contributed by atoms with van der Waals surface area (Å²) in [6, 6.07) is 10.7. The summed E-state index contributed by atoms with van der Waals surface area (Å²) in [7, 11) is 0. The summed E-state index contributed by atoms with van der Waals surface area (Å²) >= 11 is 7.03. The highest BCUT2D eigenvalue weighted by Gasteiger charge is 2.35. The van der Waals surface area contributed by atoms with Crippen molar-refractivity contribution in [3.8, 4) is 5.75 Å². The molecule has 0 spiro atoms. The van der Waals surface area contributed by atoms with Gasteiger partial charge in [-0.3, -0.25) is 14.5 Å². The minimum atomic E-state index is -0.335. The second kappa shape index (κ2) is 6.94. The number of amides is 2. The quantitative estimate of drug-likeness (QED) is 0.777. The molecule has 1 N–H and O–H groups in total. The van der Waals surface area contributed by atoms with Crippen LogP contribution < -0.4 is 0 Å². The molecule has 1 heterocycles. The minimum absolute atomic E-state index is 0.148. The Bertz CT molecular complexity index is 884. The highest BCUT2D eigenvalue weighted by molar-refractivity contribution is 8.18. The van der Waals surface area contributed by atoms with Gasteiger partial charge in [0.05, 0.1) is 11.4 Å². The number of nitrogens with zero attached hydrogens (tertiary/aromatic N) is 1. The van der Waals surface area contributed by atoms with Crippen molar-refractivity contribution in [1.82, 2.24) is 4.90 Å². The number of aryl methyl sites for hydroxylation is 2. The van der Waals surface area contributed by atoms with Crippen LogP contribution in [0.15, 0.2) is 41.3 Å². The van der Waals surface area contributed by atoms with Crippen LogP contribution in [0.4, 0.5) is 4.79 Å². The zero-order valence-electron chi connectivity index (χ0n) is 13.7. The zero-order chi connectivity index (χ0) is 18.1. The van der Waals surface area contributed by atoms with Crippen LogP contribution in [0.25, 0.3) is 6.08 Å². The second-order valence-corrected chi connectivity index (χ2v) is 7.26. The summed E-state index contributed by atoms with van der Waals surface area (Å²) in [6.45, 7) is 3.74. The summed E-state index contributed by atoms with van der Waals surface area (Å²) in [4.78, 5) is 26.4. The molecule has 0 saturated carbocycles. The Morgan fingerprint density at radius 2 is 1.80 bits per heavy atom. The van der Waals surface area contributed by atoms with Crippen LogP contribution in [0.5, 0.6) is 5.75 Å². The number of imide groups is 1. The lowest BCUT2D eigenvalue weighted by atomic mass is 10.1. The van der Waals surface area contributed by atoms with Gasteiger partial charge < -0.3 is 5.11 Å². The van der Waals surface area contributed by atoms with Crippen molar-refractivity contribution in [3.63, 3.8) is 0 Å². The molecule has 0 atom stereocenters. The molecule has 3 rings (SSSR count). The van der Waals surface area contributed by atoms with Crippen LogP contribution in [-0.2, 0) is 11.3 Å². The Balaban J connectivity index is 1.87. The SMILES string of the molecule is Cc1cc(C=C2SC(=O)N(Cc3ccccc3Cl)C2=O)cc(C)c1O. The van der Waals surface area contributed by atoms with E-state index in [1.165, 1.54) is 4.90 Å². The molecule has 0 aromatic heterocycles. The molecular formula is C19H16ClNO3S. The molecule has 2 aromatic carbocycles. The van der Waals surface area contributed by atoms with E-state index in [1.807, 2.05) is 6.07 Å². The van der Waals surface area contributed by atoms with E-state index in [2.05, 4.69) is 0 Å². The molecule has 1 aliphatic heterocycles. The van der Waals surface area contributed by atoms with Crippen molar-refractivity contribution in [2.24, 2.45) is 0 Å². The van der Waals surface area contributed by atoms with Gasteiger partial charge in [-0.25, -0.2) is 0 Å². The largest absolute Gasteiger partial charge is 0.507 e. The normalized spacial score (nSPS) is 16.1. The number of carbonyl (C=O) groups is 2. The van der Waals surface area contributed by atoms with Crippen molar-refractivity contribution in [2.45, 2.75) is 20.4 Å². The molecule has 128 valence electrons. The van der Waals surface area contributed by atoms with Crippen LogP contribution >= 0.6 is 23.4 Å². The topological polar surface area (TPSA) is 57.6 Å². The molecular weight excluding hydrogens is 358 g/mol. The summed E-state index contributed by atoms with van der Waals surface area (Å²) in [5.74, 6) is -0.0951. The van der Waals surface area contributed by atoms with E-state index in [1.54, 1.807) is 50.3 Å². The summed E-state index contributed by atoms with van der Waals surface area (Å²) in [6.07, 6.45) is 1.68. The number of rotatable bonds is 3. The average molecular weight is 374 g/mol. The van der Waals surface area contributed by atoms with E-state index >= 15 is 0 Å².